The van der Waals surface area contributed by atoms with Gasteiger partial charge in [-0.3, -0.25) is 9.59 Å². The maximum absolute atomic E-state index is 13.4. The molecule has 2 fully saturated rings. The molecule has 0 spiro atoms. The van der Waals surface area contributed by atoms with Gasteiger partial charge in [0.15, 0.2) is 0 Å². The van der Waals surface area contributed by atoms with Gasteiger partial charge in [0.1, 0.15) is 5.82 Å². The van der Waals surface area contributed by atoms with Crippen LogP contribution < -0.4 is 0 Å². The van der Waals surface area contributed by atoms with Crippen LogP contribution in [0.25, 0.3) is 0 Å². The summed E-state index contributed by atoms with van der Waals surface area (Å²) >= 11 is 0. The Hall–Kier alpha value is -2.63. The number of piperidine rings is 1. The molecule has 2 aliphatic rings. The Morgan fingerprint density at radius 1 is 1.06 bits per heavy atom. The van der Waals surface area contributed by atoms with E-state index in [4.69, 9.17) is 0 Å². The average molecular weight is 437 g/mol. The lowest BCUT2D eigenvalue weighted by molar-refractivity contribution is -0.139. The number of aromatic nitrogens is 2. The maximum Gasteiger partial charge on any atom is 0.226 e. The van der Waals surface area contributed by atoms with E-state index in [1.807, 2.05) is 36.2 Å². The number of aryl methyl sites for hydroxylation is 2. The Bertz CT molecular complexity index is 886. The smallest absolute Gasteiger partial charge is 0.226 e. The van der Waals surface area contributed by atoms with E-state index >= 15 is 0 Å². The molecule has 2 amide bonds. The molecule has 3 heterocycles. The summed E-state index contributed by atoms with van der Waals surface area (Å²) in [5, 5.41) is 0. The fraction of sp³-hybridized carbons (Fsp3) is 0.577. The van der Waals surface area contributed by atoms with Crippen molar-refractivity contribution in [3.05, 3.63) is 54.1 Å². The van der Waals surface area contributed by atoms with Crippen molar-refractivity contribution in [2.24, 2.45) is 11.8 Å². The standard InChI is InChI=1S/C26H36N4O2/c1-21-27-14-19-28(21)16-7-11-25(31)29-17-12-23(13-18-29)24-10-5-6-15-30(26(24)32)20-22-8-3-2-4-9-22/h2-4,8-9,14,19,23-24H,5-7,10-13,15-18,20H2,1H3/t24-/m0/s1. The summed E-state index contributed by atoms with van der Waals surface area (Å²) in [7, 11) is 0. The van der Waals surface area contributed by atoms with Crippen molar-refractivity contribution >= 4 is 11.8 Å². The summed E-state index contributed by atoms with van der Waals surface area (Å²) in [6.07, 6.45) is 10.3. The van der Waals surface area contributed by atoms with Gasteiger partial charge < -0.3 is 14.4 Å². The Labute approximate surface area is 191 Å². The third-order valence-corrected chi connectivity index (χ3v) is 7.21. The molecule has 4 rings (SSSR count). The molecule has 2 aromatic rings. The van der Waals surface area contributed by atoms with Crippen molar-refractivity contribution in [1.82, 2.24) is 19.4 Å². The fourth-order valence-corrected chi connectivity index (χ4v) is 5.28. The lowest BCUT2D eigenvalue weighted by Crippen LogP contribution is -2.43. The summed E-state index contributed by atoms with van der Waals surface area (Å²) in [6, 6.07) is 10.3. The molecule has 0 N–H and O–H groups in total. The normalized spacial score (nSPS) is 20.4. The number of amides is 2. The zero-order valence-electron chi connectivity index (χ0n) is 19.3. The van der Waals surface area contributed by atoms with Gasteiger partial charge in [-0.2, -0.15) is 0 Å². The number of benzene rings is 1. The van der Waals surface area contributed by atoms with E-state index < -0.39 is 0 Å². The minimum atomic E-state index is 0.114. The second-order valence-electron chi connectivity index (χ2n) is 9.34. The minimum Gasteiger partial charge on any atom is -0.343 e. The topological polar surface area (TPSA) is 58.4 Å². The molecule has 0 bridgehead atoms. The SMILES string of the molecule is Cc1nccn1CCCC(=O)N1CCC([C@@H]2CCCCN(Cc3ccccc3)C2=O)CC1. The largest absolute Gasteiger partial charge is 0.343 e. The lowest BCUT2D eigenvalue weighted by atomic mass is 9.81. The number of nitrogens with zero attached hydrogens (tertiary/aromatic N) is 4. The molecule has 0 radical (unpaired) electrons. The molecule has 6 heteroatoms. The Morgan fingerprint density at radius 3 is 2.56 bits per heavy atom. The number of carbonyl (C=O) groups is 2. The van der Waals surface area contributed by atoms with E-state index in [0.29, 0.717) is 24.8 Å². The first-order chi connectivity index (χ1) is 15.6. The first-order valence-corrected chi connectivity index (χ1v) is 12.2. The first-order valence-electron chi connectivity index (χ1n) is 12.2. The highest BCUT2D eigenvalue weighted by Gasteiger charge is 2.35. The second-order valence-corrected chi connectivity index (χ2v) is 9.34. The highest BCUT2D eigenvalue weighted by Crippen LogP contribution is 2.33. The highest BCUT2D eigenvalue weighted by atomic mass is 16.2. The van der Waals surface area contributed by atoms with Crippen molar-refractivity contribution in [1.29, 1.82) is 0 Å². The van der Waals surface area contributed by atoms with Crippen LogP contribution in [0.1, 0.15) is 56.3 Å². The molecule has 1 aromatic heterocycles. The van der Waals surface area contributed by atoms with Gasteiger partial charge >= 0.3 is 0 Å². The number of carbonyl (C=O) groups excluding carboxylic acids is 2. The van der Waals surface area contributed by atoms with E-state index in [0.717, 1.165) is 70.5 Å². The average Bonchev–Trinajstić information content (AvgIpc) is 3.14. The van der Waals surface area contributed by atoms with Crippen LogP contribution in [0.15, 0.2) is 42.7 Å². The van der Waals surface area contributed by atoms with E-state index in [-0.39, 0.29) is 11.8 Å². The van der Waals surface area contributed by atoms with Gasteiger partial charge in [0.05, 0.1) is 0 Å². The van der Waals surface area contributed by atoms with Gasteiger partial charge in [0.2, 0.25) is 11.8 Å². The Morgan fingerprint density at radius 2 is 1.84 bits per heavy atom. The molecule has 172 valence electrons. The van der Waals surface area contributed by atoms with Crippen LogP contribution in [0.3, 0.4) is 0 Å². The van der Waals surface area contributed by atoms with Crippen LogP contribution in [0.2, 0.25) is 0 Å². The highest BCUT2D eigenvalue weighted by molar-refractivity contribution is 5.79. The van der Waals surface area contributed by atoms with Gasteiger partial charge in [0.25, 0.3) is 0 Å². The summed E-state index contributed by atoms with van der Waals surface area (Å²) in [5.74, 6) is 2.08. The number of likely N-dealkylation sites (tertiary alicyclic amines) is 2. The number of hydrogen-bond donors (Lipinski definition) is 0. The molecule has 32 heavy (non-hydrogen) atoms. The van der Waals surface area contributed by atoms with E-state index in [1.165, 1.54) is 5.56 Å². The van der Waals surface area contributed by atoms with Gasteiger partial charge in [-0.1, -0.05) is 36.8 Å². The van der Waals surface area contributed by atoms with Crippen LogP contribution in [0.5, 0.6) is 0 Å². The Kier molecular flexibility index (Phi) is 7.61. The van der Waals surface area contributed by atoms with Crippen molar-refractivity contribution in [2.75, 3.05) is 19.6 Å². The number of rotatable bonds is 7. The van der Waals surface area contributed by atoms with E-state index in [9.17, 15) is 9.59 Å². The third kappa shape index (κ3) is 5.59. The van der Waals surface area contributed by atoms with E-state index in [2.05, 4.69) is 26.6 Å². The first kappa shape index (κ1) is 22.6. The predicted octanol–water partition coefficient (Wildman–Crippen LogP) is 4.04. The monoisotopic (exact) mass is 436 g/mol. The van der Waals surface area contributed by atoms with Crippen LogP contribution in [0.4, 0.5) is 0 Å². The summed E-state index contributed by atoms with van der Waals surface area (Å²) in [4.78, 5) is 34.4. The van der Waals surface area contributed by atoms with Crippen molar-refractivity contribution in [3.8, 4) is 0 Å². The molecule has 2 aliphatic heterocycles. The lowest BCUT2D eigenvalue weighted by Gasteiger charge is -2.36. The van der Waals surface area contributed by atoms with Crippen LogP contribution in [0, 0.1) is 18.8 Å². The van der Waals surface area contributed by atoms with Gasteiger partial charge in [-0.05, 0) is 50.5 Å². The molecule has 0 unspecified atom stereocenters. The molecule has 2 saturated heterocycles. The summed E-state index contributed by atoms with van der Waals surface area (Å²) < 4.78 is 2.10. The molecule has 6 nitrogen and oxygen atoms in total. The summed E-state index contributed by atoms with van der Waals surface area (Å²) in [6.45, 7) is 5.97. The predicted molar refractivity (Wildman–Crippen MR) is 125 cm³/mol. The van der Waals surface area contributed by atoms with Gasteiger partial charge in [0, 0.05) is 57.5 Å². The molecule has 1 aromatic carbocycles. The van der Waals surface area contributed by atoms with Crippen LogP contribution in [-0.2, 0) is 22.7 Å². The van der Waals surface area contributed by atoms with E-state index in [1.54, 1.807) is 6.20 Å². The summed E-state index contributed by atoms with van der Waals surface area (Å²) in [5.41, 5.74) is 1.20. The van der Waals surface area contributed by atoms with Crippen LogP contribution in [-0.4, -0.2) is 50.8 Å². The zero-order chi connectivity index (χ0) is 22.3. The Balaban J connectivity index is 1.26. The number of hydrogen-bond acceptors (Lipinski definition) is 3. The number of imidazole rings is 1. The molecular formula is C26H36N4O2. The minimum absolute atomic E-state index is 0.114. The zero-order valence-corrected chi connectivity index (χ0v) is 19.3. The molecule has 0 aliphatic carbocycles. The molecular weight excluding hydrogens is 400 g/mol. The fourth-order valence-electron chi connectivity index (χ4n) is 5.28. The molecule has 0 saturated carbocycles. The van der Waals surface area contributed by atoms with Crippen molar-refractivity contribution in [2.45, 2.75) is 65.0 Å². The van der Waals surface area contributed by atoms with Crippen LogP contribution >= 0.6 is 0 Å². The van der Waals surface area contributed by atoms with Gasteiger partial charge in [-0.15, -0.1) is 0 Å². The van der Waals surface area contributed by atoms with Crippen molar-refractivity contribution < 1.29 is 9.59 Å². The maximum atomic E-state index is 13.4. The third-order valence-electron chi connectivity index (χ3n) is 7.21. The van der Waals surface area contributed by atoms with Crippen molar-refractivity contribution in [3.63, 3.8) is 0 Å². The van der Waals surface area contributed by atoms with Gasteiger partial charge in [-0.25, -0.2) is 4.98 Å². The molecule has 1 atom stereocenters. The second kappa shape index (κ2) is 10.8. The quantitative estimate of drug-likeness (QED) is 0.658.